The lowest BCUT2D eigenvalue weighted by atomic mass is 10.2. The number of hydrogen-bond acceptors (Lipinski definition) is 4. The van der Waals surface area contributed by atoms with E-state index in [0.717, 1.165) is 11.4 Å². The molecule has 2 aliphatic rings. The van der Waals surface area contributed by atoms with Crippen LogP contribution in [0.3, 0.4) is 0 Å². The van der Waals surface area contributed by atoms with Gasteiger partial charge in [0.2, 0.25) is 12.1 Å². The van der Waals surface area contributed by atoms with Crippen molar-refractivity contribution >= 4 is 5.82 Å². The van der Waals surface area contributed by atoms with Gasteiger partial charge in [0.25, 0.3) is 0 Å². The van der Waals surface area contributed by atoms with Crippen molar-refractivity contribution in [3.8, 4) is 0 Å². The van der Waals surface area contributed by atoms with Crippen molar-refractivity contribution in [1.82, 2.24) is 5.16 Å². The first kappa shape index (κ1) is 4.51. The predicted octanol–water partition coefficient (Wildman–Crippen LogP) is 0.795. The fraction of sp³-hybridized carbons (Fsp3) is 0.167. The quantitative estimate of drug-likeness (QED) is 0.527. The van der Waals surface area contributed by atoms with Gasteiger partial charge in [0.05, 0.1) is 5.56 Å². The minimum Gasteiger partial charge on any atom is -0.350 e. The van der Waals surface area contributed by atoms with Crippen molar-refractivity contribution in [2.45, 2.75) is 6.10 Å². The first-order valence-electron chi connectivity index (χ1n) is 2.97. The maximum Gasteiger partial charge on any atom is 0.214 e. The molecule has 0 saturated carbocycles. The second-order valence-corrected chi connectivity index (χ2v) is 2.22. The SMILES string of the molecule is [c]1onc2c1C1C=CN2O1. The summed E-state index contributed by atoms with van der Waals surface area (Å²) in [4.78, 5) is 5.25. The second-order valence-electron chi connectivity index (χ2n) is 2.22. The van der Waals surface area contributed by atoms with Crippen LogP contribution in [0.25, 0.3) is 0 Å². The molecule has 3 heterocycles. The predicted molar refractivity (Wildman–Crippen MR) is 30.8 cm³/mol. The van der Waals surface area contributed by atoms with Crippen LogP contribution < -0.4 is 5.06 Å². The van der Waals surface area contributed by atoms with Gasteiger partial charge in [-0.15, -0.1) is 0 Å². The molecule has 0 N–H and O–H groups in total. The lowest BCUT2D eigenvalue weighted by molar-refractivity contribution is 0.120. The van der Waals surface area contributed by atoms with Crippen LogP contribution in [-0.2, 0) is 4.84 Å². The average molecular weight is 135 g/mol. The molecule has 3 rings (SSSR count). The van der Waals surface area contributed by atoms with Crippen molar-refractivity contribution in [3.63, 3.8) is 0 Å². The van der Waals surface area contributed by atoms with Gasteiger partial charge in [-0.2, -0.15) is 0 Å². The van der Waals surface area contributed by atoms with Gasteiger partial charge in [-0.25, -0.2) is 5.06 Å². The molecule has 49 valence electrons. The number of anilines is 1. The van der Waals surface area contributed by atoms with Crippen molar-refractivity contribution in [2.24, 2.45) is 0 Å². The number of hydrogen-bond donors (Lipinski definition) is 0. The van der Waals surface area contributed by atoms with Crippen molar-refractivity contribution in [2.75, 3.05) is 5.06 Å². The third kappa shape index (κ3) is 0.331. The normalized spacial score (nSPS) is 26.0. The standard InChI is InChI=1S/C6H3N2O2/c1-2-8-6-4(3-9-7-6)5(1)10-8/h1-2,5H. The van der Waals surface area contributed by atoms with Gasteiger partial charge < -0.3 is 4.52 Å². The Balaban J connectivity index is 2.30. The third-order valence-corrected chi connectivity index (χ3v) is 1.65. The van der Waals surface area contributed by atoms with E-state index in [0.29, 0.717) is 0 Å². The summed E-state index contributed by atoms with van der Waals surface area (Å²) in [6.07, 6.45) is 6.38. The first-order chi connectivity index (χ1) is 4.95. The summed E-state index contributed by atoms with van der Waals surface area (Å²) < 4.78 is 4.63. The molecule has 0 spiro atoms. The monoisotopic (exact) mass is 135 g/mol. The molecular formula is C6H3N2O2. The van der Waals surface area contributed by atoms with E-state index >= 15 is 0 Å². The smallest absolute Gasteiger partial charge is 0.214 e. The summed E-state index contributed by atoms with van der Waals surface area (Å²) in [6.45, 7) is 0. The molecule has 0 aromatic carbocycles. The Kier molecular flexibility index (Phi) is 0.561. The minimum absolute atomic E-state index is 0.0127. The molecule has 2 bridgehead atoms. The highest BCUT2D eigenvalue weighted by Crippen LogP contribution is 2.41. The maximum absolute atomic E-state index is 5.25. The largest absolute Gasteiger partial charge is 0.350 e. The highest BCUT2D eigenvalue weighted by Gasteiger charge is 2.35. The molecule has 1 aromatic rings. The highest BCUT2D eigenvalue weighted by molar-refractivity contribution is 5.54. The molecule has 2 aliphatic heterocycles. The number of nitrogens with zero attached hydrogens (tertiary/aromatic N) is 2. The van der Waals surface area contributed by atoms with E-state index in [4.69, 9.17) is 4.84 Å². The fourth-order valence-electron chi connectivity index (χ4n) is 1.17. The van der Waals surface area contributed by atoms with E-state index in [1.165, 1.54) is 0 Å². The molecule has 0 fully saturated rings. The van der Waals surface area contributed by atoms with Gasteiger partial charge in [0.1, 0.15) is 6.10 Å². The van der Waals surface area contributed by atoms with Crippen LogP contribution in [0.15, 0.2) is 16.8 Å². The molecule has 0 saturated heterocycles. The molecule has 4 heteroatoms. The van der Waals surface area contributed by atoms with E-state index in [9.17, 15) is 0 Å². The van der Waals surface area contributed by atoms with E-state index in [1.807, 2.05) is 12.3 Å². The first-order valence-corrected chi connectivity index (χ1v) is 2.97. The molecule has 1 atom stereocenters. The summed E-state index contributed by atoms with van der Waals surface area (Å²) >= 11 is 0. The van der Waals surface area contributed by atoms with Crippen molar-refractivity contribution in [3.05, 3.63) is 24.1 Å². The zero-order valence-corrected chi connectivity index (χ0v) is 4.94. The van der Waals surface area contributed by atoms with Crippen molar-refractivity contribution < 1.29 is 9.36 Å². The van der Waals surface area contributed by atoms with Crippen molar-refractivity contribution in [1.29, 1.82) is 0 Å². The van der Waals surface area contributed by atoms with E-state index in [-0.39, 0.29) is 6.10 Å². The Morgan fingerprint density at radius 1 is 1.70 bits per heavy atom. The Morgan fingerprint density at radius 3 is 3.60 bits per heavy atom. The number of fused-ring (bicyclic) bond motifs is 5. The van der Waals surface area contributed by atoms with Gasteiger partial charge >= 0.3 is 0 Å². The van der Waals surface area contributed by atoms with Gasteiger partial charge in [-0.05, 0) is 6.08 Å². The Bertz CT molecular complexity index is 278. The van der Waals surface area contributed by atoms with E-state index < -0.39 is 0 Å². The second kappa shape index (κ2) is 1.24. The lowest BCUT2D eigenvalue weighted by Crippen LogP contribution is -2.05. The molecule has 1 radical (unpaired) electrons. The summed E-state index contributed by atoms with van der Waals surface area (Å²) in [6, 6.07) is 0. The lowest BCUT2D eigenvalue weighted by Gasteiger charge is -2.02. The van der Waals surface area contributed by atoms with Gasteiger partial charge in [0, 0.05) is 6.20 Å². The molecule has 1 unspecified atom stereocenters. The minimum atomic E-state index is -0.0127. The summed E-state index contributed by atoms with van der Waals surface area (Å²) in [5.74, 6) is 0.729. The molecule has 0 aliphatic carbocycles. The number of hydroxylamine groups is 1. The van der Waals surface area contributed by atoms with Gasteiger partial charge in [0.15, 0.2) is 0 Å². The topological polar surface area (TPSA) is 38.5 Å². The van der Waals surface area contributed by atoms with Crippen LogP contribution in [0.4, 0.5) is 5.82 Å². The van der Waals surface area contributed by atoms with E-state index in [1.54, 1.807) is 5.06 Å². The average Bonchev–Trinajstić information content (AvgIpc) is 2.60. The summed E-state index contributed by atoms with van der Waals surface area (Å²) in [7, 11) is 0. The van der Waals surface area contributed by atoms with Crippen LogP contribution in [-0.4, -0.2) is 5.16 Å². The zero-order valence-electron chi connectivity index (χ0n) is 4.94. The third-order valence-electron chi connectivity index (χ3n) is 1.65. The van der Waals surface area contributed by atoms with Crippen LogP contribution in [0, 0.1) is 6.26 Å². The molecule has 1 aromatic heterocycles. The number of aromatic nitrogens is 1. The van der Waals surface area contributed by atoms with Crippen LogP contribution in [0.2, 0.25) is 0 Å². The van der Waals surface area contributed by atoms with Crippen LogP contribution >= 0.6 is 0 Å². The van der Waals surface area contributed by atoms with Gasteiger partial charge in [-0.3, -0.25) is 4.84 Å². The van der Waals surface area contributed by atoms with Gasteiger partial charge in [-0.1, -0.05) is 5.16 Å². The Labute approximate surface area is 56.6 Å². The van der Waals surface area contributed by atoms with E-state index in [2.05, 4.69) is 15.9 Å². The Hall–Kier alpha value is -1.29. The molecule has 0 amide bonds. The zero-order chi connectivity index (χ0) is 6.55. The molecular weight excluding hydrogens is 132 g/mol. The number of rotatable bonds is 0. The summed E-state index contributed by atoms with van der Waals surface area (Å²) in [5, 5.41) is 5.28. The Morgan fingerprint density at radius 2 is 2.70 bits per heavy atom. The highest BCUT2D eigenvalue weighted by atomic mass is 16.7. The maximum atomic E-state index is 5.25. The molecule has 10 heavy (non-hydrogen) atoms. The van der Waals surface area contributed by atoms with Crippen LogP contribution in [0.1, 0.15) is 11.7 Å². The summed E-state index contributed by atoms with van der Waals surface area (Å²) in [5.41, 5.74) is 0.891. The van der Waals surface area contributed by atoms with Crippen LogP contribution in [0.5, 0.6) is 0 Å². The fourth-order valence-corrected chi connectivity index (χ4v) is 1.17. The molecule has 4 nitrogen and oxygen atoms in total.